The lowest BCUT2D eigenvalue weighted by atomic mass is 10.0. The molecule has 0 amide bonds. The van der Waals surface area contributed by atoms with E-state index in [0.717, 1.165) is 4.88 Å². The molecule has 2 nitrogen and oxygen atoms in total. The van der Waals surface area contributed by atoms with Gasteiger partial charge in [-0.15, -0.1) is 11.3 Å². The summed E-state index contributed by atoms with van der Waals surface area (Å²) in [6, 6.07) is 2.03. The molecule has 1 atom stereocenters. The van der Waals surface area contributed by atoms with Gasteiger partial charge in [0.1, 0.15) is 5.60 Å². The number of rotatable bonds is 3. The van der Waals surface area contributed by atoms with Crippen molar-refractivity contribution < 1.29 is 5.11 Å². The van der Waals surface area contributed by atoms with E-state index in [-0.39, 0.29) is 0 Å². The van der Waals surface area contributed by atoms with Gasteiger partial charge in [0.15, 0.2) is 0 Å². The van der Waals surface area contributed by atoms with Gasteiger partial charge in [-0.3, -0.25) is 0 Å². The molecule has 0 saturated carbocycles. The van der Waals surface area contributed by atoms with Crippen LogP contribution in [0.1, 0.15) is 17.4 Å². The highest BCUT2D eigenvalue weighted by molar-refractivity contribution is 7.10. The zero-order valence-corrected chi connectivity index (χ0v) is 8.53. The van der Waals surface area contributed by atoms with Gasteiger partial charge in [0, 0.05) is 11.4 Å². The molecule has 3 heteroatoms. The van der Waals surface area contributed by atoms with E-state index in [1.807, 2.05) is 32.3 Å². The molecule has 0 spiro atoms. The van der Waals surface area contributed by atoms with Gasteiger partial charge in [0.05, 0.1) is 0 Å². The Hall–Kier alpha value is -0.380. The molecular weight excluding hydrogens is 170 g/mol. The Balaban J connectivity index is 2.88. The molecule has 68 valence electrons. The van der Waals surface area contributed by atoms with E-state index in [2.05, 4.69) is 5.32 Å². The van der Waals surface area contributed by atoms with Crippen LogP contribution in [0.3, 0.4) is 0 Å². The van der Waals surface area contributed by atoms with Crippen molar-refractivity contribution in [2.75, 3.05) is 13.6 Å². The summed E-state index contributed by atoms with van der Waals surface area (Å²) in [6.07, 6.45) is 0. The largest absolute Gasteiger partial charge is 0.383 e. The summed E-state index contributed by atoms with van der Waals surface area (Å²) < 4.78 is 0. The molecule has 0 aromatic carbocycles. The smallest absolute Gasteiger partial charge is 0.109 e. The lowest BCUT2D eigenvalue weighted by Crippen LogP contribution is -2.33. The number of aliphatic hydroxyl groups is 1. The van der Waals surface area contributed by atoms with E-state index in [9.17, 15) is 5.11 Å². The zero-order chi connectivity index (χ0) is 9.19. The Morgan fingerprint density at radius 1 is 1.67 bits per heavy atom. The minimum Gasteiger partial charge on any atom is -0.383 e. The third kappa shape index (κ3) is 1.86. The number of nitrogens with one attached hydrogen (secondary N) is 1. The van der Waals surface area contributed by atoms with Crippen LogP contribution in [0.4, 0.5) is 0 Å². The maximum atomic E-state index is 10.0. The van der Waals surface area contributed by atoms with Crippen LogP contribution in [-0.2, 0) is 5.60 Å². The van der Waals surface area contributed by atoms with Crippen LogP contribution in [0.25, 0.3) is 0 Å². The topological polar surface area (TPSA) is 32.3 Å². The lowest BCUT2D eigenvalue weighted by Gasteiger charge is -2.22. The maximum Gasteiger partial charge on any atom is 0.109 e. The molecule has 1 rings (SSSR count). The van der Waals surface area contributed by atoms with Gasteiger partial charge in [-0.05, 0) is 37.9 Å². The van der Waals surface area contributed by atoms with Crippen molar-refractivity contribution in [3.05, 3.63) is 21.9 Å². The predicted molar refractivity (Wildman–Crippen MR) is 52.6 cm³/mol. The van der Waals surface area contributed by atoms with E-state index in [0.29, 0.717) is 6.54 Å². The van der Waals surface area contributed by atoms with Crippen LogP contribution < -0.4 is 5.32 Å². The first-order valence-corrected chi connectivity index (χ1v) is 4.87. The molecule has 0 aliphatic carbocycles. The fourth-order valence-electron chi connectivity index (χ4n) is 1.35. The predicted octanol–water partition coefficient (Wildman–Crippen LogP) is 1.48. The average Bonchev–Trinajstić information content (AvgIpc) is 2.35. The first kappa shape index (κ1) is 9.71. The SMILES string of the molecule is CNCC(C)(O)c1sccc1C. The molecule has 1 aromatic rings. The minimum absolute atomic E-state index is 0.592. The first-order valence-electron chi connectivity index (χ1n) is 3.99. The fourth-order valence-corrected chi connectivity index (χ4v) is 2.34. The molecule has 12 heavy (non-hydrogen) atoms. The molecule has 1 heterocycles. The van der Waals surface area contributed by atoms with Crippen LogP contribution in [0.5, 0.6) is 0 Å². The van der Waals surface area contributed by atoms with Crippen LogP contribution in [0.15, 0.2) is 11.4 Å². The summed E-state index contributed by atoms with van der Waals surface area (Å²) in [5.41, 5.74) is 0.438. The first-order chi connectivity index (χ1) is 5.58. The molecule has 0 bridgehead atoms. The van der Waals surface area contributed by atoms with E-state index >= 15 is 0 Å². The van der Waals surface area contributed by atoms with Crippen LogP contribution in [-0.4, -0.2) is 18.7 Å². The molecule has 0 fully saturated rings. The van der Waals surface area contributed by atoms with Crippen molar-refractivity contribution >= 4 is 11.3 Å². The summed E-state index contributed by atoms with van der Waals surface area (Å²) >= 11 is 1.61. The van der Waals surface area contributed by atoms with Crippen molar-refractivity contribution in [2.45, 2.75) is 19.4 Å². The molecule has 0 radical (unpaired) electrons. The van der Waals surface area contributed by atoms with E-state index in [4.69, 9.17) is 0 Å². The summed E-state index contributed by atoms with van der Waals surface area (Å²) in [5, 5.41) is 15.0. The average molecular weight is 185 g/mol. The summed E-state index contributed by atoms with van der Waals surface area (Å²) in [7, 11) is 1.84. The van der Waals surface area contributed by atoms with Gasteiger partial charge >= 0.3 is 0 Å². The van der Waals surface area contributed by atoms with Crippen LogP contribution in [0.2, 0.25) is 0 Å². The standard InChI is InChI=1S/C9H15NOS/c1-7-4-5-12-8(7)9(2,11)6-10-3/h4-5,10-11H,6H2,1-3H3. The number of thiophene rings is 1. The van der Waals surface area contributed by atoms with Gasteiger partial charge in [-0.1, -0.05) is 0 Å². The van der Waals surface area contributed by atoms with Crippen molar-refractivity contribution in [3.63, 3.8) is 0 Å². The highest BCUT2D eigenvalue weighted by Gasteiger charge is 2.24. The highest BCUT2D eigenvalue weighted by Crippen LogP contribution is 2.28. The van der Waals surface area contributed by atoms with Gasteiger partial charge in [0.2, 0.25) is 0 Å². The third-order valence-electron chi connectivity index (χ3n) is 1.87. The Labute approximate surface area is 77.2 Å². The molecule has 0 aliphatic heterocycles. The van der Waals surface area contributed by atoms with Gasteiger partial charge in [0.25, 0.3) is 0 Å². The van der Waals surface area contributed by atoms with Crippen molar-refractivity contribution in [2.24, 2.45) is 0 Å². The zero-order valence-electron chi connectivity index (χ0n) is 7.72. The van der Waals surface area contributed by atoms with E-state index in [1.54, 1.807) is 11.3 Å². The summed E-state index contributed by atoms with van der Waals surface area (Å²) in [5.74, 6) is 0. The maximum absolute atomic E-state index is 10.0. The minimum atomic E-state index is -0.729. The number of hydrogen-bond acceptors (Lipinski definition) is 3. The second-order valence-corrected chi connectivity index (χ2v) is 4.15. The second-order valence-electron chi connectivity index (χ2n) is 3.24. The van der Waals surface area contributed by atoms with Gasteiger partial charge in [-0.2, -0.15) is 0 Å². The van der Waals surface area contributed by atoms with Crippen molar-refractivity contribution in [1.29, 1.82) is 0 Å². The summed E-state index contributed by atoms with van der Waals surface area (Å²) in [4.78, 5) is 1.05. The second kappa shape index (κ2) is 3.56. The van der Waals surface area contributed by atoms with E-state index < -0.39 is 5.60 Å². The normalized spacial score (nSPS) is 16.0. The number of hydrogen-bond donors (Lipinski definition) is 2. The van der Waals surface area contributed by atoms with Crippen LogP contribution in [0, 0.1) is 6.92 Å². The molecule has 0 aliphatic rings. The third-order valence-corrected chi connectivity index (χ3v) is 3.14. The fraction of sp³-hybridized carbons (Fsp3) is 0.556. The van der Waals surface area contributed by atoms with Gasteiger partial charge < -0.3 is 10.4 Å². The lowest BCUT2D eigenvalue weighted by molar-refractivity contribution is 0.0624. The Bertz CT molecular complexity index is 255. The van der Waals surface area contributed by atoms with Crippen molar-refractivity contribution in [3.8, 4) is 0 Å². The molecule has 2 N–H and O–H groups in total. The Kier molecular flexibility index (Phi) is 2.88. The molecular formula is C9H15NOS. The van der Waals surface area contributed by atoms with Crippen LogP contribution >= 0.6 is 11.3 Å². The van der Waals surface area contributed by atoms with Gasteiger partial charge in [-0.25, -0.2) is 0 Å². The molecule has 0 saturated heterocycles. The quantitative estimate of drug-likeness (QED) is 0.747. The Morgan fingerprint density at radius 3 is 2.75 bits per heavy atom. The molecule has 1 unspecified atom stereocenters. The Morgan fingerprint density at radius 2 is 2.33 bits per heavy atom. The number of likely N-dealkylation sites (N-methyl/N-ethyl adjacent to an activating group) is 1. The van der Waals surface area contributed by atoms with E-state index in [1.165, 1.54) is 5.56 Å². The summed E-state index contributed by atoms with van der Waals surface area (Å²) in [6.45, 7) is 4.45. The highest BCUT2D eigenvalue weighted by atomic mass is 32.1. The van der Waals surface area contributed by atoms with Crippen molar-refractivity contribution in [1.82, 2.24) is 5.32 Å². The monoisotopic (exact) mass is 185 g/mol. The molecule has 1 aromatic heterocycles. The number of aryl methyl sites for hydroxylation is 1.